The summed E-state index contributed by atoms with van der Waals surface area (Å²) in [6, 6.07) is 0. The quantitative estimate of drug-likeness (QED) is 0.525. The number of hydrogen-bond acceptors (Lipinski definition) is 3. The van der Waals surface area contributed by atoms with Crippen LogP contribution in [0.1, 0.15) is 20.7 Å². The first-order valence-corrected chi connectivity index (χ1v) is 8.30. The van der Waals surface area contributed by atoms with Crippen LogP contribution >= 0.6 is 67.8 Å². The van der Waals surface area contributed by atoms with Crippen LogP contribution in [0.3, 0.4) is 0 Å². The number of benzene rings is 1. The number of carbonyl (C=O) groups excluding carboxylic acids is 1. The third-order valence-corrected chi connectivity index (χ3v) is 5.64. The molecule has 0 saturated carbocycles. The second-order valence-corrected chi connectivity index (χ2v) is 7.06. The number of aromatic carboxylic acids is 1. The van der Waals surface area contributed by atoms with Gasteiger partial charge in [0.1, 0.15) is 0 Å². The van der Waals surface area contributed by atoms with Crippen molar-refractivity contribution in [1.29, 1.82) is 0 Å². The molecule has 19 heavy (non-hydrogen) atoms. The van der Waals surface area contributed by atoms with Crippen molar-refractivity contribution in [1.82, 2.24) is 4.90 Å². The predicted molar refractivity (Wildman–Crippen MR) is 99.1 cm³/mol. The molecule has 0 fully saturated rings. The van der Waals surface area contributed by atoms with E-state index in [2.05, 4.69) is 27.9 Å². The molecule has 0 aliphatic carbocycles. The number of carbonyl (C=O) groups is 2. The van der Waals surface area contributed by atoms with E-state index in [1.54, 1.807) is 21.1 Å². The smallest absolute Gasteiger partial charge is 0.337 e. The number of anilines is 1. The van der Waals surface area contributed by atoms with Crippen LogP contribution in [-0.2, 0) is 0 Å². The summed E-state index contributed by atoms with van der Waals surface area (Å²) in [7, 11) is 5.00. The van der Waals surface area contributed by atoms with E-state index in [1.165, 1.54) is 4.90 Å². The average Bonchev–Trinajstić information content (AvgIpc) is 2.28. The molecule has 5 nitrogen and oxygen atoms in total. The third-order valence-electron chi connectivity index (χ3n) is 2.40. The first-order chi connectivity index (χ1) is 8.73. The van der Waals surface area contributed by atoms with Crippen LogP contribution in [0.25, 0.3) is 0 Å². The van der Waals surface area contributed by atoms with Crippen molar-refractivity contribution in [3.05, 3.63) is 21.8 Å². The van der Waals surface area contributed by atoms with E-state index < -0.39 is 5.97 Å². The largest absolute Gasteiger partial charge is 0.478 e. The molecule has 8 heteroatoms. The molecule has 0 spiro atoms. The van der Waals surface area contributed by atoms with Gasteiger partial charge in [-0.2, -0.15) is 0 Å². The van der Waals surface area contributed by atoms with E-state index in [4.69, 9.17) is 0 Å². The maximum Gasteiger partial charge on any atom is 0.337 e. The standard InChI is InChI=1S/C11H11I3N2O3/c1-15-9-7(13)4(10(17)16(2)3)6(12)5(8(9)14)11(18)19/h15H,1-3H3,(H,18,19). The highest BCUT2D eigenvalue weighted by atomic mass is 127. The Bertz CT molecular complexity index is 559. The Morgan fingerprint density at radius 2 is 1.53 bits per heavy atom. The molecule has 0 bridgehead atoms. The van der Waals surface area contributed by atoms with Gasteiger partial charge in [0.15, 0.2) is 0 Å². The van der Waals surface area contributed by atoms with Crippen LogP contribution in [0.5, 0.6) is 0 Å². The molecule has 1 aromatic rings. The third kappa shape index (κ3) is 3.25. The summed E-state index contributed by atoms with van der Waals surface area (Å²) in [5.74, 6) is -1.24. The lowest BCUT2D eigenvalue weighted by molar-refractivity contribution is 0.0694. The summed E-state index contributed by atoms with van der Waals surface area (Å²) in [6.45, 7) is 0. The highest BCUT2D eigenvalue weighted by molar-refractivity contribution is 14.1. The topological polar surface area (TPSA) is 69.6 Å². The molecule has 0 aliphatic heterocycles. The molecule has 1 aromatic carbocycles. The molecule has 104 valence electrons. The van der Waals surface area contributed by atoms with Crippen molar-refractivity contribution in [2.45, 2.75) is 0 Å². The Morgan fingerprint density at radius 1 is 1.05 bits per heavy atom. The maximum absolute atomic E-state index is 12.2. The summed E-state index contributed by atoms with van der Waals surface area (Å²) in [4.78, 5) is 25.1. The summed E-state index contributed by atoms with van der Waals surface area (Å²) in [6.07, 6.45) is 0. The zero-order chi connectivity index (χ0) is 14.9. The number of hydrogen-bond donors (Lipinski definition) is 2. The molecule has 0 unspecified atom stereocenters. The minimum Gasteiger partial charge on any atom is -0.478 e. The van der Waals surface area contributed by atoms with Crippen LogP contribution < -0.4 is 5.32 Å². The number of nitrogens with one attached hydrogen (secondary N) is 1. The van der Waals surface area contributed by atoms with E-state index in [0.29, 0.717) is 18.4 Å². The molecular weight excluding hydrogens is 589 g/mol. The summed E-state index contributed by atoms with van der Waals surface area (Å²) in [5.41, 5.74) is 1.26. The Hall–Kier alpha value is 0.150. The highest BCUT2D eigenvalue weighted by Crippen LogP contribution is 2.35. The molecule has 0 atom stereocenters. The number of halogens is 3. The molecule has 0 heterocycles. The Labute approximate surface area is 151 Å². The lowest BCUT2D eigenvalue weighted by Crippen LogP contribution is -2.26. The molecule has 0 radical (unpaired) electrons. The van der Waals surface area contributed by atoms with Gasteiger partial charge in [0.05, 0.1) is 24.0 Å². The highest BCUT2D eigenvalue weighted by Gasteiger charge is 2.27. The second-order valence-electron chi connectivity index (χ2n) is 3.82. The van der Waals surface area contributed by atoms with Crippen LogP contribution in [0, 0.1) is 10.7 Å². The Morgan fingerprint density at radius 3 is 1.89 bits per heavy atom. The first-order valence-electron chi connectivity index (χ1n) is 5.07. The van der Waals surface area contributed by atoms with Crippen molar-refractivity contribution >= 4 is 85.3 Å². The maximum atomic E-state index is 12.2. The van der Waals surface area contributed by atoms with E-state index in [1.807, 2.05) is 45.2 Å². The summed E-state index contributed by atoms with van der Waals surface area (Å²) in [5, 5.41) is 12.3. The Kier molecular flexibility index (Phi) is 6.10. The fourth-order valence-electron chi connectivity index (χ4n) is 1.48. The van der Waals surface area contributed by atoms with Gasteiger partial charge in [-0.25, -0.2) is 4.79 Å². The van der Waals surface area contributed by atoms with Crippen LogP contribution in [0.2, 0.25) is 0 Å². The molecule has 1 amide bonds. The van der Waals surface area contributed by atoms with Gasteiger partial charge in [-0.15, -0.1) is 0 Å². The van der Waals surface area contributed by atoms with Gasteiger partial charge < -0.3 is 15.3 Å². The van der Waals surface area contributed by atoms with Gasteiger partial charge in [0.25, 0.3) is 5.91 Å². The van der Waals surface area contributed by atoms with Gasteiger partial charge in [0, 0.05) is 24.7 Å². The minimum absolute atomic E-state index is 0.163. The summed E-state index contributed by atoms with van der Waals surface area (Å²) < 4.78 is 1.81. The minimum atomic E-state index is -1.03. The van der Waals surface area contributed by atoms with Crippen molar-refractivity contribution in [2.24, 2.45) is 0 Å². The zero-order valence-corrected chi connectivity index (χ0v) is 16.8. The van der Waals surface area contributed by atoms with Gasteiger partial charge in [-0.3, -0.25) is 4.79 Å². The lowest BCUT2D eigenvalue weighted by atomic mass is 10.1. The molecule has 0 aromatic heterocycles. The van der Waals surface area contributed by atoms with E-state index in [-0.39, 0.29) is 11.5 Å². The van der Waals surface area contributed by atoms with Gasteiger partial charge in [-0.05, 0) is 67.8 Å². The van der Waals surface area contributed by atoms with Crippen molar-refractivity contribution in [3.8, 4) is 0 Å². The van der Waals surface area contributed by atoms with Crippen molar-refractivity contribution in [2.75, 3.05) is 26.5 Å². The number of rotatable bonds is 3. The van der Waals surface area contributed by atoms with Gasteiger partial charge >= 0.3 is 5.97 Å². The van der Waals surface area contributed by atoms with E-state index in [9.17, 15) is 14.7 Å². The molecular formula is C11H11I3N2O3. The number of amides is 1. The summed E-state index contributed by atoms with van der Waals surface area (Å²) >= 11 is 5.98. The normalized spacial score (nSPS) is 10.2. The van der Waals surface area contributed by atoms with Crippen molar-refractivity contribution < 1.29 is 14.7 Å². The first kappa shape index (κ1) is 17.2. The SMILES string of the molecule is CNc1c(I)c(C(=O)O)c(I)c(C(=O)N(C)C)c1I. The monoisotopic (exact) mass is 600 g/mol. The zero-order valence-electron chi connectivity index (χ0n) is 10.3. The van der Waals surface area contributed by atoms with Crippen LogP contribution in [-0.4, -0.2) is 43.0 Å². The number of carboxylic acids is 1. The second kappa shape index (κ2) is 6.74. The fraction of sp³-hybridized carbons (Fsp3) is 0.273. The van der Waals surface area contributed by atoms with Gasteiger partial charge in [0.2, 0.25) is 0 Å². The van der Waals surface area contributed by atoms with Gasteiger partial charge in [-0.1, -0.05) is 0 Å². The molecule has 0 saturated heterocycles. The van der Waals surface area contributed by atoms with E-state index >= 15 is 0 Å². The van der Waals surface area contributed by atoms with E-state index in [0.717, 1.165) is 3.57 Å². The average molecular weight is 600 g/mol. The number of carboxylic acid groups (broad SMARTS) is 1. The fourth-order valence-corrected chi connectivity index (χ4v) is 6.11. The molecule has 0 aliphatic rings. The lowest BCUT2D eigenvalue weighted by Gasteiger charge is -2.19. The van der Waals surface area contributed by atoms with Crippen molar-refractivity contribution in [3.63, 3.8) is 0 Å². The predicted octanol–water partition coefficient (Wildman–Crippen LogP) is 2.94. The number of nitrogens with zero attached hydrogens (tertiary/aromatic N) is 1. The van der Waals surface area contributed by atoms with Crippen LogP contribution in [0.4, 0.5) is 5.69 Å². The molecule has 1 rings (SSSR count). The van der Waals surface area contributed by atoms with Crippen LogP contribution in [0.15, 0.2) is 0 Å². The Balaban J connectivity index is 3.78. The molecule has 2 N–H and O–H groups in total.